The molecule has 0 bridgehead atoms. The maximum Gasteiger partial charge on any atom is 0.319 e. The van der Waals surface area contributed by atoms with E-state index in [-0.39, 0.29) is 5.78 Å². The Morgan fingerprint density at radius 3 is 2.26 bits per heavy atom. The summed E-state index contributed by atoms with van der Waals surface area (Å²) in [5.74, 6) is -0.452. The van der Waals surface area contributed by atoms with Crippen LogP contribution in [0.5, 0.6) is 0 Å². The number of esters is 1. The van der Waals surface area contributed by atoms with Gasteiger partial charge < -0.3 is 4.74 Å². The Hall–Kier alpha value is -1.64. The van der Waals surface area contributed by atoms with Crippen molar-refractivity contribution < 1.29 is 14.3 Å². The maximum atomic E-state index is 12.8. The summed E-state index contributed by atoms with van der Waals surface area (Å²) in [7, 11) is 0. The first kappa shape index (κ1) is 13.8. The lowest BCUT2D eigenvalue weighted by atomic mass is 9.76. The van der Waals surface area contributed by atoms with E-state index in [4.69, 9.17) is 4.74 Å². The molecule has 0 aromatic heterocycles. The smallest absolute Gasteiger partial charge is 0.319 e. The fourth-order valence-corrected chi connectivity index (χ4v) is 2.53. The summed E-state index contributed by atoms with van der Waals surface area (Å²) in [6.07, 6.45) is 1.64. The molecule has 1 aliphatic rings. The Labute approximate surface area is 114 Å². The third-order valence-corrected chi connectivity index (χ3v) is 3.86. The molecule has 3 heteroatoms. The fraction of sp³-hybridized carbons (Fsp3) is 0.500. The first-order valence-electron chi connectivity index (χ1n) is 6.73. The number of carbonyl (C=O) groups is 2. The number of rotatable bonds is 5. The van der Waals surface area contributed by atoms with E-state index >= 15 is 0 Å². The van der Waals surface area contributed by atoms with Crippen molar-refractivity contribution in [3.63, 3.8) is 0 Å². The first-order chi connectivity index (χ1) is 8.95. The van der Waals surface area contributed by atoms with Crippen LogP contribution >= 0.6 is 0 Å². The van der Waals surface area contributed by atoms with Gasteiger partial charge in [-0.2, -0.15) is 0 Å². The van der Waals surface area contributed by atoms with Crippen molar-refractivity contribution in [2.45, 2.75) is 39.0 Å². The first-order valence-corrected chi connectivity index (χ1v) is 6.73. The van der Waals surface area contributed by atoms with Crippen LogP contribution in [0.4, 0.5) is 0 Å². The van der Waals surface area contributed by atoms with Gasteiger partial charge in [0.2, 0.25) is 0 Å². The molecule has 0 unspecified atom stereocenters. The maximum absolute atomic E-state index is 12.8. The fourth-order valence-electron chi connectivity index (χ4n) is 2.53. The van der Waals surface area contributed by atoms with Crippen LogP contribution < -0.4 is 0 Å². The number of hydrogen-bond acceptors (Lipinski definition) is 3. The molecular formula is C16H20O3. The van der Waals surface area contributed by atoms with Gasteiger partial charge in [0.15, 0.2) is 5.78 Å². The number of carbonyl (C=O) groups excluding carboxylic acids is 2. The van der Waals surface area contributed by atoms with Gasteiger partial charge in [-0.15, -0.1) is 0 Å². The SMILES string of the molecule is CCOC(=O)C(C)(C)C(=O)C1(c2ccccc2)CC1. The lowest BCUT2D eigenvalue weighted by Crippen LogP contribution is -2.41. The van der Waals surface area contributed by atoms with Crippen LogP contribution in [0.1, 0.15) is 39.2 Å². The second-order valence-corrected chi connectivity index (χ2v) is 5.62. The number of hydrogen-bond donors (Lipinski definition) is 0. The quantitative estimate of drug-likeness (QED) is 0.604. The van der Waals surface area contributed by atoms with E-state index in [9.17, 15) is 9.59 Å². The summed E-state index contributed by atoms with van der Waals surface area (Å²) in [5, 5.41) is 0. The van der Waals surface area contributed by atoms with Crippen molar-refractivity contribution in [3.8, 4) is 0 Å². The predicted octanol–water partition coefficient (Wildman–Crippen LogP) is 2.88. The van der Waals surface area contributed by atoms with E-state index in [1.54, 1.807) is 20.8 Å². The Balaban J connectivity index is 2.27. The van der Waals surface area contributed by atoms with E-state index in [2.05, 4.69) is 0 Å². The summed E-state index contributed by atoms with van der Waals surface area (Å²) < 4.78 is 5.03. The molecule has 1 aromatic rings. The lowest BCUT2D eigenvalue weighted by Gasteiger charge is -2.26. The van der Waals surface area contributed by atoms with Crippen molar-refractivity contribution >= 4 is 11.8 Å². The molecule has 1 saturated carbocycles. The van der Waals surface area contributed by atoms with Crippen LogP contribution in [0.25, 0.3) is 0 Å². The number of ether oxygens (including phenoxy) is 1. The van der Waals surface area contributed by atoms with Crippen molar-refractivity contribution in [1.29, 1.82) is 0 Å². The molecule has 0 N–H and O–H groups in total. The second kappa shape index (κ2) is 4.80. The molecule has 0 saturated heterocycles. The van der Waals surface area contributed by atoms with Crippen LogP contribution in [0.2, 0.25) is 0 Å². The van der Waals surface area contributed by atoms with Crippen LogP contribution in [0.15, 0.2) is 30.3 Å². The largest absolute Gasteiger partial charge is 0.465 e. The zero-order valence-electron chi connectivity index (χ0n) is 11.7. The van der Waals surface area contributed by atoms with Gasteiger partial charge in [-0.05, 0) is 39.2 Å². The van der Waals surface area contributed by atoms with Gasteiger partial charge in [0.1, 0.15) is 5.41 Å². The van der Waals surface area contributed by atoms with E-state index in [1.807, 2.05) is 30.3 Å². The molecule has 1 aliphatic carbocycles. The predicted molar refractivity (Wildman–Crippen MR) is 72.8 cm³/mol. The van der Waals surface area contributed by atoms with Crippen LogP contribution in [0, 0.1) is 5.41 Å². The second-order valence-electron chi connectivity index (χ2n) is 5.62. The number of ketones is 1. The number of Topliss-reactive ketones (excluding diaryl/α,β-unsaturated/α-hetero) is 1. The molecule has 19 heavy (non-hydrogen) atoms. The zero-order chi connectivity index (χ0) is 14.1. The summed E-state index contributed by atoms with van der Waals surface area (Å²) in [6.45, 7) is 5.38. The van der Waals surface area contributed by atoms with Gasteiger partial charge in [-0.1, -0.05) is 30.3 Å². The van der Waals surface area contributed by atoms with Gasteiger partial charge >= 0.3 is 5.97 Å². The third kappa shape index (κ3) is 2.29. The molecule has 102 valence electrons. The monoisotopic (exact) mass is 260 g/mol. The minimum absolute atomic E-state index is 0.0235. The van der Waals surface area contributed by atoms with Crippen molar-refractivity contribution in [2.24, 2.45) is 5.41 Å². The average Bonchev–Trinajstić information content (AvgIpc) is 3.20. The highest BCUT2D eigenvalue weighted by molar-refractivity contribution is 6.09. The Morgan fingerprint density at radius 1 is 1.21 bits per heavy atom. The molecule has 1 fully saturated rings. The Bertz CT molecular complexity index is 484. The Kier molecular flexibility index (Phi) is 3.48. The van der Waals surface area contributed by atoms with Gasteiger partial charge in [0.25, 0.3) is 0 Å². The summed E-state index contributed by atoms with van der Waals surface area (Å²) in [5.41, 5.74) is -0.544. The van der Waals surface area contributed by atoms with E-state index in [1.165, 1.54) is 0 Å². The molecule has 0 atom stereocenters. The highest BCUT2D eigenvalue weighted by Crippen LogP contribution is 2.52. The van der Waals surface area contributed by atoms with Crippen molar-refractivity contribution in [3.05, 3.63) is 35.9 Å². The molecule has 0 amide bonds. The molecule has 0 radical (unpaired) electrons. The minimum atomic E-state index is -1.08. The van der Waals surface area contributed by atoms with E-state index < -0.39 is 16.8 Å². The van der Waals surface area contributed by atoms with Gasteiger partial charge in [0.05, 0.1) is 12.0 Å². The Morgan fingerprint density at radius 2 is 1.79 bits per heavy atom. The normalized spacial score (nSPS) is 16.8. The molecule has 0 spiro atoms. The highest BCUT2D eigenvalue weighted by Gasteiger charge is 2.57. The number of benzene rings is 1. The highest BCUT2D eigenvalue weighted by atomic mass is 16.5. The van der Waals surface area contributed by atoms with E-state index in [0.717, 1.165) is 18.4 Å². The standard InChI is InChI=1S/C16H20O3/c1-4-19-14(18)15(2,3)13(17)16(10-11-16)12-8-6-5-7-9-12/h5-9H,4,10-11H2,1-3H3. The summed E-state index contributed by atoms with van der Waals surface area (Å²) >= 11 is 0. The van der Waals surface area contributed by atoms with Crippen LogP contribution in [-0.2, 0) is 19.7 Å². The van der Waals surface area contributed by atoms with Crippen molar-refractivity contribution in [1.82, 2.24) is 0 Å². The topological polar surface area (TPSA) is 43.4 Å². The zero-order valence-corrected chi connectivity index (χ0v) is 11.7. The summed E-state index contributed by atoms with van der Waals surface area (Å²) in [4.78, 5) is 24.7. The van der Waals surface area contributed by atoms with E-state index in [0.29, 0.717) is 6.61 Å². The molecular weight excluding hydrogens is 240 g/mol. The van der Waals surface area contributed by atoms with Crippen LogP contribution in [-0.4, -0.2) is 18.4 Å². The summed E-state index contributed by atoms with van der Waals surface area (Å²) in [6, 6.07) is 9.72. The van der Waals surface area contributed by atoms with Gasteiger partial charge in [0, 0.05) is 0 Å². The molecule has 0 aliphatic heterocycles. The lowest BCUT2D eigenvalue weighted by molar-refractivity contribution is -0.158. The van der Waals surface area contributed by atoms with Crippen molar-refractivity contribution in [2.75, 3.05) is 6.61 Å². The molecule has 2 rings (SSSR count). The molecule has 1 aromatic carbocycles. The van der Waals surface area contributed by atoms with Gasteiger partial charge in [-0.3, -0.25) is 9.59 Å². The third-order valence-electron chi connectivity index (χ3n) is 3.86. The minimum Gasteiger partial charge on any atom is -0.465 e. The molecule has 3 nitrogen and oxygen atoms in total. The van der Waals surface area contributed by atoms with Crippen LogP contribution in [0.3, 0.4) is 0 Å². The average molecular weight is 260 g/mol. The molecule has 0 heterocycles. The van der Waals surface area contributed by atoms with Gasteiger partial charge in [-0.25, -0.2) is 0 Å².